The molecule has 1 rings (SSSR count). The first-order valence-electron chi connectivity index (χ1n) is 3.11. The van der Waals surface area contributed by atoms with Gasteiger partial charge >= 0.3 is 0 Å². The zero-order valence-corrected chi connectivity index (χ0v) is 6.98. The Bertz CT molecular complexity index is 232. The maximum Gasteiger partial charge on any atom is 0.150 e. The van der Waals surface area contributed by atoms with Crippen molar-refractivity contribution in [3.63, 3.8) is 0 Å². The van der Waals surface area contributed by atoms with Crippen molar-refractivity contribution in [3.05, 3.63) is 35.9 Å². The molecule has 0 aliphatic rings. The van der Waals surface area contributed by atoms with E-state index in [1.165, 1.54) is 0 Å². The van der Waals surface area contributed by atoms with Crippen molar-refractivity contribution in [2.24, 2.45) is 5.16 Å². The third-order valence-electron chi connectivity index (χ3n) is 0.979. The van der Waals surface area contributed by atoms with Gasteiger partial charge < -0.3 is 5.21 Å². The average molecular weight is 186 g/mol. The van der Waals surface area contributed by atoms with Crippen LogP contribution in [0.3, 0.4) is 0 Å². The van der Waals surface area contributed by atoms with Gasteiger partial charge in [-0.05, 0) is 0 Å². The van der Waals surface area contributed by atoms with Gasteiger partial charge in [-0.15, -0.1) is 0 Å². The standard InChI is InChI=1S/C7H6O.CH2ClNO/c8-6-7-4-2-1-3-5-7;2-1-3-4/h1-6H;1,4H. The molecule has 1 aromatic rings. The highest BCUT2D eigenvalue weighted by Crippen LogP contribution is 1.91. The molecule has 0 heterocycles. The van der Waals surface area contributed by atoms with Crippen molar-refractivity contribution in [2.75, 3.05) is 0 Å². The van der Waals surface area contributed by atoms with Crippen LogP contribution >= 0.6 is 11.6 Å². The van der Waals surface area contributed by atoms with Crippen LogP contribution in [-0.4, -0.2) is 17.2 Å². The number of hydrogen-bond donors (Lipinski definition) is 1. The topological polar surface area (TPSA) is 49.7 Å². The summed E-state index contributed by atoms with van der Waals surface area (Å²) in [4.78, 5) is 10.0. The lowest BCUT2D eigenvalue weighted by molar-refractivity contribution is 0.112. The molecule has 1 aromatic carbocycles. The Morgan fingerprint density at radius 2 is 1.83 bits per heavy atom. The summed E-state index contributed by atoms with van der Waals surface area (Å²) in [5.41, 5.74) is 1.51. The molecular formula is C8H8ClNO2. The van der Waals surface area contributed by atoms with Crippen LogP contribution in [-0.2, 0) is 0 Å². The van der Waals surface area contributed by atoms with Crippen LogP contribution in [0.15, 0.2) is 35.5 Å². The van der Waals surface area contributed by atoms with Crippen LogP contribution < -0.4 is 0 Å². The van der Waals surface area contributed by atoms with Crippen LogP contribution in [0.1, 0.15) is 10.4 Å². The second-order valence-electron chi connectivity index (χ2n) is 1.74. The smallest absolute Gasteiger partial charge is 0.150 e. The van der Waals surface area contributed by atoms with Gasteiger partial charge in [-0.3, -0.25) is 4.79 Å². The van der Waals surface area contributed by atoms with E-state index in [0.717, 1.165) is 17.5 Å². The Labute approximate surface area is 75.3 Å². The summed E-state index contributed by atoms with van der Waals surface area (Å²) in [6.45, 7) is 0. The molecule has 0 bridgehead atoms. The van der Waals surface area contributed by atoms with E-state index in [9.17, 15) is 4.79 Å². The number of benzene rings is 1. The van der Waals surface area contributed by atoms with E-state index in [-0.39, 0.29) is 0 Å². The molecule has 0 unspecified atom stereocenters. The molecule has 0 atom stereocenters. The average Bonchev–Trinajstić information content (AvgIpc) is 2.19. The van der Waals surface area contributed by atoms with E-state index in [0.29, 0.717) is 0 Å². The van der Waals surface area contributed by atoms with Crippen LogP contribution in [0.25, 0.3) is 0 Å². The minimum atomic E-state index is 0.729. The molecule has 0 saturated heterocycles. The van der Waals surface area contributed by atoms with Crippen molar-refractivity contribution < 1.29 is 10.0 Å². The van der Waals surface area contributed by atoms with Gasteiger partial charge in [-0.1, -0.05) is 47.1 Å². The summed E-state index contributed by atoms with van der Waals surface area (Å²) in [7, 11) is 0. The number of hydrogen-bond acceptors (Lipinski definition) is 3. The first-order valence-corrected chi connectivity index (χ1v) is 3.55. The third-order valence-corrected chi connectivity index (χ3v) is 1.07. The number of carbonyl (C=O) groups is 1. The fourth-order valence-electron chi connectivity index (χ4n) is 0.532. The van der Waals surface area contributed by atoms with Crippen LogP contribution in [0.4, 0.5) is 0 Å². The van der Waals surface area contributed by atoms with Gasteiger partial charge in [-0.25, -0.2) is 0 Å². The van der Waals surface area contributed by atoms with E-state index in [1.807, 2.05) is 18.2 Å². The van der Waals surface area contributed by atoms with Crippen molar-refractivity contribution >= 4 is 23.6 Å². The Morgan fingerprint density at radius 3 is 2.08 bits per heavy atom. The molecule has 4 heteroatoms. The minimum Gasteiger partial charge on any atom is -0.410 e. The molecule has 1 N–H and O–H groups in total. The highest BCUT2D eigenvalue weighted by Gasteiger charge is 1.79. The summed E-state index contributed by atoms with van der Waals surface area (Å²) in [6, 6.07) is 9.10. The van der Waals surface area contributed by atoms with Gasteiger partial charge in [0.15, 0.2) is 0 Å². The number of oxime groups is 1. The maximum atomic E-state index is 10.0. The monoisotopic (exact) mass is 185 g/mol. The zero-order chi connectivity index (χ0) is 9.23. The Balaban J connectivity index is 0.000000261. The molecule has 0 amide bonds. The van der Waals surface area contributed by atoms with E-state index >= 15 is 0 Å². The molecule has 0 fully saturated rings. The van der Waals surface area contributed by atoms with E-state index in [1.54, 1.807) is 12.1 Å². The molecule has 0 saturated carbocycles. The van der Waals surface area contributed by atoms with Gasteiger partial charge in [0.25, 0.3) is 0 Å². The van der Waals surface area contributed by atoms with Crippen LogP contribution in [0.5, 0.6) is 0 Å². The van der Waals surface area contributed by atoms with Crippen molar-refractivity contribution in [1.82, 2.24) is 0 Å². The molecule has 12 heavy (non-hydrogen) atoms. The number of carbonyl (C=O) groups excluding carboxylic acids is 1. The first kappa shape index (κ1) is 10.7. The fourth-order valence-corrected chi connectivity index (χ4v) is 0.532. The lowest BCUT2D eigenvalue weighted by Gasteiger charge is -1.81. The summed E-state index contributed by atoms with van der Waals surface area (Å²) >= 11 is 4.64. The van der Waals surface area contributed by atoms with Crippen LogP contribution in [0.2, 0.25) is 0 Å². The highest BCUT2D eigenvalue weighted by atomic mass is 35.5. The Hall–Kier alpha value is -1.35. The largest absolute Gasteiger partial charge is 0.410 e. The second kappa shape index (κ2) is 7.75. The summed E-state index contributed by atoms with van der Waals surface area (Å²) in [6.07, 6.45) is 0.833. The molecule has 64 valence electrons. The molecule has 0 aromatic heterocycles. The van der Waals surface area contributed by atoms with Gasteiger partial charge in [0.2, 0.25) is 0 Å². The van der Waals surface area contributed by atoms with E-state index in [2.05, 4.69) is 16.8 Å². The van der Waals surface area contributed by atoms with Crippen molar-refractivity contribution in [2.45, 2.75) is 0 Å². The van der Waals surface area contributed by atoms with Gasteiger partial charge in [0.1, 0.15) is 12.0 Å². The minimum absolute atomic E-state index is 0.729. The van der Waals surface area contributed by atoms with Gasteiger partial charge in [0.05, 0.1) is 0 Å². The number of halogens is 1. The lowest BCUT2D eigenvalue weighted by atomic mass is 10.2. The lowest BCUT2D eigenvalue weighted by Crippen LogP contribution is -1.73. The molecule has 3 nitrogen and oxygen atoms in total. The third kappa shape index (κ3) is 5.44. The van der Waals surface area contributed by atoms with Gasteiger partial charge in [0, 0.05) is 5.56 Å². The first-order chi connectivity index (χ1) is 5.85. The highest BCUT2D eigenvalue weighted by molar-refractivity contribution is 6.56. The summed E-state index contributed by atoms with van der Waals surface area (Å²) in [5, 5.41) is 9.69. The Kier molecular flexibility index (Phi) is 6.88. The van der Waals surface area contributed by atoms with E-state index < -0.39 is 0 Å². The zero-order valence-electron chi connectivity index (χ0n) is 6.22. The Morgan fingerprint density at radius 1 is 1.33 bits per heavy atom. The quantitative estimate of drug-likeness (QED) is 0.315. The molecular weight excluding hydrogens is 178 g/mol. The van der Waals surface area contributed by atoms with Crippen LogP contribution in [0, 0.1) is 0 Å². The number of rotatable bonds is 1. The summed E-state index contributed by atoms with van der Waals surface area (Å²) < 4.78 is 0. The predicted molar refractivity (Wildman–Crippen MR) is 48.0 cm³/mol. The molecule has 0 spiro atoms. The molecule has 0 aliphatic heterocycles. The van der Waals surface area contributed by atoms with Crippen molar-refractivity contribution in [1.29, 1.82) is 0 Å². The summed E-state index contributed by atoms with van der Waals surface area (Å²) in [5.74, 6) is 0. The fraction of sp³-hybridized carbons (Fsp3) is 0. The van der Waals surface area contributed by atoms with Crippen molar-refractivity contribution in [3.8, 4) is 0 Å². The number of aldehydes is 1. The maximum absolute atomic E-state index is 10.0. The second-order valence-corrected chi connectivity index (χ2v) is 1.94. The number of nitrogens with zero attached hydrogens (tertiary/aromatic N) is 1. The molecule has 0 radical (unpaired) electrons. The van der Waals surface area contributed by atoms with E-state index in [4.69, 9.17) is 5.21 Å². The molecule has 0 aliphatic carbocycles. The normalized spacial score (nSPS) is 8.75. The SMILES string of the molecule is O=Cc1ccccc1.ON=CCl. The van der Waals surface area contributed by atoms with Gasteiger partial charge in [-0.2, -0.15) is 0 Å². The predicted octanol–water partition coefficient (Wildman–Crippen LogP) is 2.14.